The Balaban J connectivity index is 1.70. The van der Waals surface area contributed by atoms with E-state index in [2.05, 4.69) is 58.9 Å². The maximum atomic E-state index is 13.6. The van der Waals surface area contributed by atoms with Gasteiger partial charge in [0.05, 0.1) is 6.54 Å². The lowest BCUT2D eigenvalue weighted by Gasteiger charge is -2.33. The summed E-state index contributed by atoms with van der Waals surface area (Å²) < 4.78 is 5.71. The summed E-state index contributed by atoms with van der Waals surface area (Å²) in [5.41, 5.74) is 3.33. The first-order chi connectivity index (χ1) is 15.3. The molecule has 164 valence electrons. The second kappa shape index (κ2) is 7.78. The van der Waals surface area contributed by atoms with E-state index in [9.17, 15) is 9.59 Å². The molecule has 0 spiro atoms. The van der Waals surface area contributed by atoms with E-state index in [4.69, 9.17) is 4.98 Å². The Labute approximate surface area is 193 Å². The van der Waals surface area contributed by atoms with E-state index < -0.39 is 0 Å². The molecule has 0 N–H and O–H groups in total. The molecule has 0 amide bonds. The van der Waals surface area contributed by atoms with Crippen molar-refractivity contribution in [2.24, 2.45) is 13.0 Å². The molecule has 0 radical (unpaired) electrons. The minimum Gasteiger partial charge on any atom is -0.312 e. The van der Waals surface area contributed by atoms with Gasteiger partial charge in [-0.2, -0.15) is 4.98 Å². The number of aromatic nitrogens is 4. The van der Waals surface area contributed by atoms with Crippen LogP contribution in [0.5, 0.6) is 0 Å². The Morgan fingerprint density at radius 3 is 2.41 bits per heavy atom. The standard InChI is InChI=1S/C24H24BrN5O2/c1-15-4-10-19(11-5-15)28-12-16(2)13-29-20-21(26-23(28)29)27(3)24(32)30(22(20)31)14-17-6-8-18(25)9-7-17/h4-11,16H,12-14H2,1-3H3/t16-/m1/s1. The molecule has 2 aromatic heterocycles. The predicted molar refractivity (Wildman–Crippen MR) is 130 cm³/mol. The zero-order valence-electron chi connectivity index (χ0n) is 18.2. The van der Waals surface area contributed by atoms with E-state index in [0.29, 0.717) is 29.6 Å². The van der Waals surface area contributed by atoms with Gasteiger partial charge >= 0.3 is 5.69 Å². The van der Waals surface area contributed by atoms with Crippen LogP contribution in [0.4, 0.5) is 11.6 Å². The number of aryl methyl sites for hydroxylation is 2. The van der Waals surface area contributed by atoms with Gasteiger partial charge in [-0.3, -0.25) is 13.9 Å². The fourth-order valence-corrected chi connectivity index (χ4v) is 4.62. The van der Waals surface area contributed by atoms with Crippen molar-refractivity contribution in [1.29, 1.82) is 0 Å². The molecule has 1 aliphatic heterocycles. The van der Waals surface area contributed by atoms with Gasteiger partial charge < -0.3 is 9.47 Å². The predicted octanol–water partition coefficient (Wildman–Crippen LogP) is 3.80. The van der Waals surface area contributed by atoms with Crippen molar-refractivity contribution in [2.75, 3.05) is 11.4 Å². The van der Waals surface area contributed by atoms with Crippen LogP contribution in [0.25, 0.3) is 11.2 Å². The number of rotatable bonds is 3. The molecule has 3 heterocycles. The lowest BCUT2D eigenvalue weighted by atomic mass is 10.1. The highest BCUT2D eigenvalue weighted by Gasteiger charge is 2.29. The van der Waals surface area contributed by atoms with Gasteiger partial charge in [-0.05, 0) is 42.7 Å². The summed E-state index contributed by atoms with van der Waals surface area (Å²) in [5.74, 6) is 1.02. The summed E-state index contributed by atoms with van der Waals surface area (Å²) in [4.78, 5) is 33.6. The van der Waals surface area contributed by atoms with Crippen molar-refractivity contribution in [3.63, 3.8) is 0 Å². The normalized spacial score (nSPS) is 15.9. The number of benzene rings is 2. The molecular formula is C24H24BrN5O2. The first-order valence-corrected chi connectivity index (χ1v) is 11.4. The van der Waals surface area contributed by atoms with Gasteiger partial charge in [0.1, 0.15) is 0 Å². The maximum absolute atomic E-state index is 13.6. The van der Waals surface area contributed by atoms with Crippen LogP contribution >= 0.6 is 15.9 Å². The quantitative estimate of drug-likeness (QED) is 0.435. The summed E-state index contributed by atoms with van der Waals surface area (Å²) in [7, 11) is 1.68. The number of halogens is 1. The van der Waals surface area contributed by atoms with Crippen LogP contribution in [0.2, 0.25) is 0 Å². The minimum atomic E-state index is -0.365. The highest BCUT2D eigenvalue weighted by molar-refractivity contribution is 9.10. The Hall–Kier alpha value is -3.13. The number of hydrogen-bond donors (Lipinski definition) is 0. The van der Waals surface area contributed by atoms with E-state index in [1.807, 2.05) is 28.8 Å². The SMILES string of the molecule is Cc1ccc(N2C[C@@H](C)Cn3c2nc2c3c(=O)n(Cc3ccc(Br)cc3)c(=O)n2C)cc1. The molecule has 32 heavy (non-hydrogen) atoms. The Kier molecular flexibility index (Phi) is 5.04. The molecular weight excluding hydrogens is 470 g/mol. The lowest BCUT2D eigenvalue weighted by Crippen LogP contribution is -2.40. The number of imidazole rings is 1. The third kappa shape index (κ3) is 3.39. The second-order valence-corrected chi connectivity index (χ2v) is 9.52. The van der Waals surface area contributed by atoms with Gasteiger partial charge in [0.25, 0.3) is 5.56 Å². The second-order valence-electron chi connectivity index (χ2n) is 8.61. The molecule has 1 atom stereocenters. The van der Waals surface area contributed by atoms with Crippen LogP contribution in [0.15, 0.2) is 62.6 Å². The molecule has 0 unspecified atom stereocenters. The molecule has 4 aromatic rings. The van der Waals surface area contributed by atoms with Gasteiger partial charge in [0.15, 0.2) is 11.2 Å². The molecule has 0 saturated carbocycles. The van der Waals surface area contributed by atoms with E-state index in [-0.39, 0.29) is 17.8 Å². The zero-order chi connectivity index (χ0) is 22.6. The van der Waals surface area contributed by atoms with Crippen LogP contribution in [0, 0.1) is 12.8 Å². The van der Waals surface area contributed by atoms with Crippen LogP contribution in [-0.4, -0.2) is 25.2 Å². The van der Waals surface area contributed by atoms with E-state index in [1.54, 1.807) is 7.05 Å². The molecule has 0 aliphatic carbocycles. The molecule has 0 bridgehead atoms. The van der Waals surface area contributed by atoms with Gasteiger partial charge in [-0.1, -0.05) is 52.7 Å². The highest BCUT2D eigenvalue weighted by Crippen LogP contribution is 2.32. The fraction of sp³-hybridized carbons (Fsp3) is 0.292. The van der Waals surface area contributed by atoms with Crippen molar-refractivity contribution in [3.8, 4) is 0 Å². The first kappa shape index (κ1) is 20.8. The molecule has 0 saturated heterocycles. The molecule has 7 nitrogen and oxygen atoms in total. The lowest BCUT2D eigenvalue weighted by molar-refractivity contribution is 0.458. The van der Waals surface area contributed by atoms with Gasteiger partial charge in [-0.15, -0.1) is 0 Å². The maximum Gasteiger partial charge on any atom is 0.332 e. The summed E-state index contributed by atoms with van der Waals surface area (Å²) in [6.07, 6.45) is 0. The average Bonchev–Trinajstić information content (AvgIpc) is 3.16. The summed E-state index contributed by atoms with van der Waals surface area (Å²) in [6, 6.07) is 15.9. The van der Waals surface area contributed by atoms with Crippen LogP contribution in [-0.2, 0) is 20.1 Å². The smallest absolute Gasteiger partial charge is 0.312 e. The van der Waals surface area contributed by atoms with Crippen molar-refractivity contribution >= 4 is 38.7 Å². The molecule has 1 aliphatic rings. The largest absolute Gasteiger partial charge is 0.332 e. The van der Waals surface area contributed by atoms with Gasteiger partial charge in [-0.25, -0.2) is 4.79 Å². The van der Waals surface area contributed by atoms with E-state index in [1.165, 1.54) is 14.7 Å². The molecule has 5 rings (SSSR count). The van der Waals surface area contributed by atoms with Crippen LogP contribution in [0.3, 0.4) is 0 Å². The van der Waals surface area contributed by atoms with Crippen molar-refractivity contribution in [2.45, 2.75) is 26.9 Å². The summed E-state index contributed by atoms with van der Waals surface area (Å²) in [6.45, 7) is 5.92. The number of nitrogens with zero attached hydrogens (tertiary/aromatic N) is 5. The topological polar surface area (TPSA) is 65.1 Å². The monoisotopic (exact) mass is 493 g/mol. The average molecular weight is 494 g/mol. The number of hydrogen-bond acceptors (Lipinski definition) is 4. The highest BCUT2D eigenvalue weighted by atomic mass is 79.9. The summed E-state index contributed by atoms with van der Waals surface area (Å²) in [5, 5.41) is 0. The fourth-order valence-electron chi connectivity index (χ4n) is 4.36. The molecule has 0 fully saturated rings. The number of fused-ring (bicyclic) bond motifs is 3. The summed E-state index contributed by atoms with van der Waals surface area (Å²) >= 11 is 3.42. The van der Waals surface area contributed by atoms with E-state index in [0.717, 1.165) is 22.3 Å². The van der Waals surface area contributed by atoms with Crippen molar-refractivity contribution in [1.82, 2.24) is 18.7 Å². The zero-order valence-corrected chi connectivity index (χ0v) is 19.8. The van der Waals surface area contributed by atoms with Crippen molar-refractivity contribution in [3.05, 3.63) is 85.0 Å². The minimum absolute atomic E-state index is 0.215. The van der Waals surface area contributed by atoms with Crippen molar-refractivity contribution < 1.29 is 0 Å². The van der Waals surface area contributed by atoms with Gasteiger partial charge in [0.2, 0.25) is 5.95 Å². The first-order valence-electron chi connectivity index (χ1n) is 10.6. The van der Waals surface area contributed by atoms with Crippen LogP contribution < -0.4 is 16.1 Å². The van der Waals surface area contributed by atoms with Gasteiger partial charge in [0, 0.05) is 30.3 Å². The molecule has 8 heteroatoms. The van der Waals surface area contributed by atoms with Crippen LogP contribution in [0.1, 0.15) is 18.1 Å². The Morgan fingerprint density at radius 2 is 1.72 bits per heavy atom. The third-order valence-corrected chi connectivity index (χ3v) is 6.57. The Morgan fingerprint density at radius 1 is 1.03 bits per heavy atom. The van der Waals surface area contributed by atoms with E-state index >= 15 is 0 Å². The molecule has 2 aromatic carbocycles. The number of anilines is 2. The Bertz CT molecular complexity index is 1430. The third-order valence-electron chi connectivity index (χ3n) is 6.04.